The molecule has 6 aromatic carbocycles. The molecule has 20 heteroatoms. The highest BCUT2D eigenvalue weighted by atomic mass is 31.2. The molecule has 6 aliphatic heterocycles. The summed E-state index contributed by atoms with van der Waals surface area (Å²) >= 11 is 0. The lowest BCUT2D eigenvalue weighted by molar-refractivity contribution is -0.686. The van der Waals surface area contributed by atoms with Gasteiger partial charge >= 0.3 is 0 Å². The summed E-state index contributed by atoms with van der Waals surface area (Å²) in [6.07, 6.45) is 9.34. The first kappa shape index (κ1) is 52.0. The Bertz CT molecular complexity index is 3610. The molecule has 0 saturated heterocycles. The van der Waals surface area contributed by atoms with Gasteiger partial charge in [-0.2, -0.15) is 21.5 Å². The third-order valence-corrected chi connectivity index (χ3v) is 15.0. The summed E-state index contributed by atoms with van der Waals surface area (Å²) in [6.45, 7) is 3.64. The van der Waals surface area contributed by atoms with E-state index in [1.54, 1.807) is 42.7 Å². The van der Waals surface area contributed by atoms with Crippen LogP contribution in [-0.2, 0) is 43.5 Å². The molecule has 0 bridgehead atoms. The van der Waals surface area contributed by atoms with Crippen molar-refractivity contribution in [1.29, 1.82) is 0 Å². The summed E-state index contributed by atoms with van der Waals surface area (Å²) in [7, 11) is 4.63. The molecule has 80 heavy (non-hydrogen) atoms. The summed E-state index contributed by atoms with van der Waals surface area (Å²) < 4.78 is 81.7. The highest BCUT2D eigenvalue weighted by molar-refractivity contribution is 7.40. The number of aromatic nitrogens is 3. The number of methoxy groups -OCH3 is 6. The van der Waals surface area contributed by atoms with Crippen molar-refractivity contribution in [3.8, 4) is 103 Å². The van der Waals surface area contributed by atoms with Crippen LogP contribution in [0.25, 0.3) is 66.1 Å². The van der Waals surface area contributed by atoms with E-state index in [2.05, 4.69) is 105 Å². The number of nitrogens with zero attached hydrogens (tertiary/aromatic N) is 3. The quantitative estimate of drug-likeness (QED) is 0.129. The smallest absolute Gasteiger partial charge is 0.231 e. The van der Waals surface area contributed by atoms with Crippen LogP contribution < -0.4 is 85.2 Å². The Kier molecular flexibility index (Phi) is 13.7. The van der Waals surface area contributed by atoms with Crippen molar-refractivity contribution >= 4 is 40.1 Å². The van der Waals surface area contributed by atoms with E-state index in [1.807, 2.05) is 18.2 Å². The van der Waals surface area contributed by atoms with Gasteiger partial charge in [0.1, 0.15) is 0 Å². The zero-order valence-electron chi connectivity index (χ0n) is 44.6. The van der Waals surface area contributed by atoms with E-state index in [0.29, 0.717) is 20.4 Å². The van der Waals surface area contributed by atoms with Crippen molar-refractivity contribution in [2.45, 2.75) is 38.9 Å². The number of hydrogen-bond donors (Lipinski definition) is 0. The fraction of sp³-hybridized carbons (Fsp3) is 0.250. The van der Waals surface area contributed by atoms with E-state index in [-0.39, 0.29) is 0 Å². The lowest BCUT2D eigenvalue weighted by Crippen LogP contribution is -2.40. The zero-order chi connectivity index (χ0) is 55.4. The van der Waals surface area contributed by atoms with Crippen molar-refractivity contribution in [2.24, 2.45) is 0 Å². The lowest BCUT2D eigenvalue weighted by Gasteiger charge is -2.36. The summed E-state index contributed by atoms with van der Waals surface area (Å²) in [6, 6.07) is 31.3. The maximum atomic E-state index is 8.55. The van der Waals surface area contributed by atoms with Crippen LogP contribution in [0.2, 0.25) is 0 Å². The monoisotopic (exact) mass is 1100 g/mol. The minimum atomic E-state index is -5.39. The minimum Gasteiger partial charge on any atom is -0.822 e. The molecule has 0 fully saturated rings. The van der Waals surface area contributed by atoms with Gasteiger partial charge in [-0.15, -0.1) is 0 Å². The molecule has 0 atom stereocenters. The van der Waals surface area contributed by atoms with Crippen molar-refractivity contribution < 1.29 is 89.8 Å². The third-order valence-electron chi connectivity index (χ3n) is 15.0. The number of benzene rings is 6. The summed E-state index contributed by atoms with van der Waals surface area (Å²) in [5.41, 5.74) is 11.0. The summed E-state index contributed by atoms with van der Waals surface area (Å²) in [5, 5.41) is 6.51. The maximum Gasteiger partial charge on any atom is 0.231 e. The average molecular weight is 1100 g/mol. The zero-order valence-corrected chi connectivity index (χ0v) is 45.5. The van der Waals surface area contributed by atoms with Gasteiger partial charge in [0.05, 0.1) is 75.5 Å². The van der Waals surface area contributed by atoms with Crippen LogP contribution in [0, 0.1) is 0 Å². The van der Waals surface area contributed by atoms with E-state index < -0.39 is 7.82 Å². The normalized spacial score (nSPS) is 14.0. The molecule has 0 saturated carbocycles. The lowest BCUT2D eigenvalue weighted by atomic mass is 9.95. The largest absolute Gasteiger partial charge is 0.822 e. The minimum absolute atomic E-state index is 0.299. The first-order chi connectivity index (χ1) is 38.8. The number of hydrogen-bond acceptors (Lipinski definition) is 16. The molecular formula is C60H54N3O16P. The number of aryl methyl sites for hydroxylation is 6. The molecule has 19 nitrogen and oxygen atoms in total. The first-order valence-electron chi connectivity index (χ1n) is 25.6. The van der Waals surface area contributed by atoms with Gasteiger partial charge in [-0.25, -0.2) is 0 Å². The van der Waals surface area contributed by atoms with Crippen molar-refractivity contribution in [3.05, 3.63) is 126 Å². The van der Waals surface area contributed by atoms with Crippen LogP contribution in [0.4, 0.5) is 0 Å². The van der Waals surface area contributed by atoms with E-state index in [1.165, 1.54) is 50.5 Å². The number of ether oxygens (including phenoxy) is 12. The predicted octanol–water partition coefficient (Wildman–Crippen LogP) is 6.46. The summed E-state index contributed by atoms with van der Waals surface area (Å²) in [4.78, 5) is 25.6. The van der Waals surface area contributed by atoms with Crippen molar-refractivity contribution in [1.82, 2.24) is 0 Å². The Morgan fingerprint density at radius 1 is 0.388 bits per heavy atom. The molecule has 0 spiro atoms. The molecule has 3 aromatic heterocycles. The second-order valence-electron chi connectivity index (χ2n) is 19.3. The summed E-state index contributed by atoms with van der Waals surface area (Å²) in [5.74, 6) is 9.54. The van der Waals surface area contributed by atoms with E-state index in [0.717, 1.165) is 140 Å². The topological polar surface area (TPSA) is 209 Å². The average Bonchev–Trinajstić information content (AvgIpc) is 4.27. The van der Waals surface area contributed by atoms with Gasteiger partial charge < -0.3 is 76.1 Å². The van der Waals surface area contributed by atoms with Gasteiger partial charge in [0.15, 0.2) is 107 Å². The predicted molar refractivity (Wildman–Crippen MR) is 285 cm³/mol. The highest BCUT2D eigenvalue weighted by Gasteiger charge is 2.32. The van der Waals surface area contributed by atoms with Gasteiger partial charge in [-0.3, -0.25) is 0 Å². The van der Waals surface area contributed by atoms with E-state index >= 15 is 0 Å². The van der Waals surface area contributed by atoms with Crippen molar-refractivity contribution in [3.63, 3.8) is 0 Å². The molecule has 0 N–H and O–H groups in total. The molecule has 0 aliphatic carbocycles. The fourth-order valence-electron chi connectivity index (χ4n) is 11.3. The Hall–Kier alpha value is -8.74. The Labute approximate surface area is 459 Å². The van der Waals surface area contributed by atoms with Crippen LogP contribution >= 0.6 is 7.82 Å². The second kappa shape index (κ2) is 21.1. The van der Waals surface area contributed by atoms with Crippen LogP contribution in [-0.4, -0.2) is 63.0 Å². The maximum absolute atomic E-state index is 8.55. The Morgan fingerprint density at radius 3 is 0.900 bits per heavy atom. The van der Waals surface area contributed by atoms with E-state index in [9.17, 15) is 0 Å². The second-order valence-corrected chi connectivity index (χ2v) is 20.1. The van der Waals surface area contributed by atoms with Gasteiger partial charge in [0.25, 0.3) is 0 Å². The molecule has 0 radical (unpaired) electrons. The number of pyridine rings is 3. The van der Waals surface area contributed by atoms with Gasteiger partial charge in [0, 0.05) is 37.5 Å². The van der Waals surface area contributed by atoms with Crippen LogP contribution in [0.1, 0.15) is 16.7 Å². The molecule has 9 aromatic rings. The molecular weight excluding hydrogens is 1050 g/mol. The standard InChI is InChI=1S/3C20H18NO4.H3O4P/c3*1-22-17-4-3-12-7-16-14-9-19-18(24-11-25-19)8-13(14)5-6-21(16)10-15(12)20(17)23-2;1-5(2,3)4/h3*3-4,7-10H,5-6,11H2,1-2H3;(H3,1,2,3,4)/q3*+1;/p-3. The Balaban J connectivity index is 0.000000114. The number of rotatable bonds is 6. The molecule has 410 valence electrons. The SMILES string of the molecule is COc1ccc2cc3[n+](cc2c1OC)CCc1cc2c(cc1-3)OCO2.COc1ccc2cc3[n+](cc2c1OC)CCc1cc2c(cc1-3)OCO2.COc1ccc2cc3[n+](cc2c1OC)CCc1cc2c(cc1-3)OCO2.O=P([O-])([O-])[O-]. The Morgan fingerprint density at radius 2 is 0.650 bits per heavy atom. The first-order valence-corrected chi connectivity index (χ1v) is 27.1. The number of fused-ring (bicyclic) bond motifs is 15. The van der Waals surface area contributed by atoms with Crippen LogP contribution in [0.15, 0.2) is 110 Å². The van der Waals surface area contributed by atoms with E-state index in [4.69, 9.17) is 76.1 Å². The fourth-order valence-corrected chi connectivity index (χ4v) is 11.3. The third kappa shape index (κ3) is 9.61. The molecule has 0 amide bonds. The molecule has 9 heterocycles. The highest BCUT2D eigenvalue weighted by Crippen LogP contribution is 2.45. The molecule has 6 aliphatic rings. The van der Waals surface area contributed by atoms with Gasteiger partial charge in [-0.1, -0.05) is 0 Å². The molecule has 15 rings (SSSR count). The number of phosphoric acid groups is 1. The van der Waals surface area contributed by atoms with Crippen molar-refractivity contribution in [2.75, 3.05) is 63.0 Å². The molecule has 0 unspecified atom stereocenters. The van der Waals surface area contributed by atoms with Gasteiger partial charge in [-0.05, 0) is 106 Å². The van der Waals surface area contributed by atoms with Gasteiger partial charge in [0.2, 0.25) is 37.5 Å². The van der Waals surface area contributed by atoms with Crippen LogP contribution in [0.5, 0.6) is 69.0 Å². The van der Waals surface area contributed by atoms with Crippen LogP contribution in [0.3, 0.4) is 0 Å².